The van der Waals surface area contributed by atoms with Crippen molar-refractivity contribution in [1.29, 1.82) is 0 Å². The van der Waals surface area contributed by atoms with Crippen LogP contribution >= 0.6 is 0 Å². The maximum Gasteiger partial charge on any atom is 0.325 e. The number of methoxy groups -OCH3 is 1. The van der Waals surface area contributed by atoms with Gasteiger partial charge in [0.2, 0.25) is 0 Å². The van der Waals surface area contributed by atoms with Crippen molar-refractivity contribution in [3.8, 4) is 0 Å². The number of hydrogen-bond donors (Lipinski definition) is 1. The van der Waals surface area contributed by atoms with E-state index in [0.717, 1.165) is 31.6 Å². The van der Waals surface area contributed by atoms with Gasteiger partial charge in [-0.15, -0.1) is 0 Å². The van der Waals surface area contributed by atoms with Crippen molar-refractivity contribution in [3.63, 3.8) is 0 Å². The summed E-state index contributed by atoms with van der Waals surface area (Å²) in [7, 11) is 1.34. The van der Waals surface area contributed by atoms with Crippen LogP contribution in [0, 0.1) is 5.82 Å². The van der Waals surface area contributed by atoms with Gasteiger partial charge in [-0.05, 0) is 51.3 Å². The summed E-state index contributed by atoms with van der Waals surface area (Å²) < 4.78 is 17.9. The molecule has 0 aliphatic heterocycles. The molecule has 0 bridgehead atoms. The van der Waals surface area contributed by atoms with Crippen molar-refractivity contribution in [2.75, 3.05) is 25.1 Å². The predicted molar refractivity (Wildman–Crippen MR) is 82.7 cm³/mol. The largest absolute Gasteiger partial charge is 0.468 e. The lowest BCUT2D eigenvalue weighted by Gasteiger charge is -2.25. The number of nitrogens with two attached hydrogens (primary N) is 1. The standard InChI is InChI=1S/C16H25FN2O2/c1-4-19(14-9-7-8-13(17)12-14)11-6-5-10-16(2,18)15(20)21-3/h7-9,12H,4-6,10-11,18H2,1-3H3. The Morgan fingerprint density at radius 3 is 2.71 bits per heavy atom. The number of ether oxygens (including phenoxy) is 1. The van der Waals surface area contributed by atoms with E-state index in [2.05, 4.69) is 9.64 Å². The molecule has 0 aliphatic carbocycles. The molecule has 0 amide bonds. The highest BCUT2D eigenvalue weighted by atomic mass is 19.1. The maximum atomic E-state index is 13.2. The molecule has 0 spiro atoms. The third-order valence-corrected chi connectivity index (χ3v) is 3.58. The Labute approximate surface area is 126 Å². The van der Waals surface area contributed by atoms with Crippen molar-refractivity contribution >= 4 is 11.7 Å². The molecule has 118 valence electrons. The number of halogens is 1. The minimum atomic E-state index is -0.940. The van der Waals surface area contributed by atoms with E-state index in [9.17, 15) is 9.18 Å². The van der Waals surface area contributed by atoms with Crippen molar-refractivity contribution in [2.45, 2.75) is 38.6 Å². The Balaban J connectivity index is 2.45. The van der Waals surface area contributed by atoms with Crippen LogP contribution in [-0.4, -0.2) is 31.7 Å². The Morgan fingerprint density at radius 2 is 2.14 bits per heavy atom. The second-order valence-corrected chi connectivity index (χ2v) is 5.43. The fourth-order valence-electron chi connectivity index (χ4n) is 2.27. The lowest BCUT2D eigenvalue weighted by Crippen LogP contribution is -2.45. The fraction of sp³-hybridized carbons (Fsp3) is 0.562. The van der Waals surface area contributed by atoms with Gasteiger partial charge in [0, 0.05) is 18.8 Å². The summed E-state index contributed by atoms with van der Waals surface area (Å²) in [4.78, 5) is 13.6. The molecule has 0 saturated carbocycles. The first kappa shape index (κ1) is 17.4. The maximum absolute atomic E-state index is 13.2. The van der Waals surface area contributed by atoms with Gasteiger partial charge >= 0.3 is 5.97 Å². The number of rotatable bonds is 8. The molecular formula is C16H25FN2O2. The first-order valence-electron chi connectivity index (χ1n) is 7.28. The summed E-state index contributed by atoms with van der Waals surface area (Å²) in [6.45, 7) is 5.33. The van der Waals surface area contributed by atoms with Gasteiger partial charge < -0.3 is 15.4 Å². The van der Waals surface area contributed by atoms with E-state index in [1.54, 1.807) is 13.0 Å². The van der Waals surface area contributed by atoms with Crippen LogP contribution in [0.25, 0.3) is 0 Å². The molecule has 1 rings (SSSR count). The molecule has 2 N–H and O–H groups in total. The average Bonchev–Trinajstić information content (AvgIpc) is 2.46. The summed E-state index contributed by atoms with van der Waals surface area (Å²) in [5.41, 5.74) is 5.85. The molecule has 0 saturated heterocycles. The van der Waals surface area contributed by atoms with Crippen molar-refractivity contribution in [1.82, 2.24) is 0 Å². The zero-order valence-corrected chi connectivity index (χ0v) is 13.1. The van der Waals surface area contributed by atoms with Gasteiger partial charge in [-0.25, -0.2) is 4.39 Å². The number of nitrogens with zero attached hydrogens (tertiary/aromatic N) is 1. The Kier molecular flexibility index (Phi) is 6.62. The van der Waals surface area contributed by atoms with E-state index in [4.69, 9.17) is 5.73 Å². The molecule has 1 aromatic rings. The number of hydrogen-bond acceptors (Lipinski definition) is 4. The fourth-order valence-corrected chi connectivity index (χ4v) is 2.27. The third-order valence-electron chi connectivity index (χ3n) is 3.58. The van der Waals surface area contributed by atoms with Crippen LogP contribution in [0.4, 0.5) is 10.1 Å². The molecular weight excluding hydrogens is 271 g/mol. The van der Waals surface area contributed by atoms with Crippen LogP contribution in [0.1, 0.15) is 33.1 Å². The summed E-state index contributed by atoms with van der Waals surface area (Å²) in [6.07, 6.45) is 2.27. The van der Waals surface area contributed by atoms with E-state index in [1.807, 2.05) is 13.0 Å². The summed E-state index contributed by atoms with van der Waals surface area (Å²) in [5, 5.41) is 0. The molecule has 1 atom stereocenters. The third kappa shape index (κ3) is 5.34. The highest BCUT2D eigenvalue weighted by Gasteiger charge is 2.28. The molecule has 4 nitrogen and oxygen atoms in total. The minimum Gasteiger partial charge on any atom is -0.468 e. The van der Waals surface area contributed by atoms with Gasteiger partial charge in [0.1, 0.15) is 11.4 Å². The van der Waals surface area contributed by atoms with Gasteiger partial charge in [0.05, 0.1) is 7.11 Å². The van der Waals surface area contributed by atoms with Crippen LogP contribution < -0.4 is 10.6 Å². The van der Waals surface area contributed by atoms with E-state index >= 15 is 0 Å². The minimum absolute atomic E-state index is 0.230. The summed E-state index contributed by atoms with van der Waals surface area (Å²) in [5.74, 6) is -0.619. The molecule has 0 radical (unpaired) electrons. The predicted octanol–water partition coefficient (Wildman–Crippen LogP) is 2.71. The van der Waals surface area contributed by atoms with Gasteiger partial charge in [0.25, 0.3) is 0 Å². The SMILES string of the molecule is CCN(CCCCC(C)(N)C(=O)OC)c1cccc(F)c1. The number of carbonyl (C=O) groups excluding carboxylic acids is 1. The quantitative estimate of drug-likeness (QED) is 0.592. The topological polar surface area (TPSA) is 55.6 Å². The molecule has 1 unspecified atom stereocenters. The van der Waals surface area contributed by atoms with Crippen molar-refractivity contribution in [3.05, 3.63) is 30.1 Å². The normalized spacial score (nSPS) is 13.6. The highest BCUT2D eigenvalue weighted by Crippen LogP contribution is 2.17. The van der Waals surface area contributed by atoms with Crippen LogP contribution in [0.3, 0.4) is 0 Å². The zero-order valence-electron chi connectivity index (χ0n) is 13.1. The van der Waals surface area contributed by atoms with Gasteiger partial charge in [0.15, 0.2) is 0 Å². The summed E-state index contributed by atoms with van der Waals surface area (Å²) >= 11 is 0. The van der Waals surface area contributed by atoms with E-state index < -0.39 is 5.54 Å². The Bertz CT molecular complexity index is 463. The second kappa shape index (κ2) is 7.98. The molecule has 0 fully saturated rings. The van der Waals surface area contributed by atoms with Gasteiger partial charge in [-0.1, -0.05) is 6.07 Å². The van der Waals surface area contributed by atoms with Crippen molar-refractivity contribution < 1.29 is 13.9 Å². The van der Waals surface area contributed by atoms with Crippen LogP contribution in [-0.2, 0) is 9.53 Å². The number of benzene rings is 1. The number of unbranched alkanes of at least 4 members (excludes halogenated alkanes) is 1. The number of carbonyl (C=O) groups is 1. The van der Waals surface area contributed by atoms with E-state index in [1.165, 1.54) is 19.2 Å². The molecule has 21 heavy (non-hydrogen) atoms. The Morgan fingerprint density at radius 1 is 1.43 bits per heavy atom. The second-order valence-electron chi connectivity index (χ2n) is 5.43. The molecule has 1 aromatic carbocycles. The molecule has 0 heterocycles. The van der Waals surface area contributed by atoms with Gasteiger partial charge in [-0.2, -0.15) is 0 Å². The van der Waals surface area contributed by atoms with E-state index in [-0.39, 0.29) is 11.8 Å². The first-order chi connectivity index (χ1) is 9.90. The molecule has 0 aliphatic rings. The first-order valence-corrected chi connectivity index (χ1v) is 7.28. The monoisotopic (exact) mass is 296 g/mol. The van der Waals surface area contributed by atoms with Crippen LogP contribution in [0.15, 0.2) is 24.3 Å². The van der Waals surface area contributed by atoms with Crippen LogP contribution in [0.5, 0.6) is 0 Å². The summed E-state index contributed by atoms with van der Waals surface area (Å²) in [6, 6.07) is 6.58. The number of anilines is 1. The molecule has 5 heteroatoms. The van der Waals surface area contributed by atoms with Crippen molar-refractivity contribution in [2.24, 2.45) is 5.73 Å². The number of esters is 1. The zero-order chi connectivity index (χ0) is 15.9. The van der Waals surface area contributed by atoms with E-state index in [0.29, 0.717) is 6.42 Å². The van der Waals surface area contributed by atoms with Crippen LogP contribution in [0.2, 0.25) is 0 Å². The highest BCUT2D eigenvalue weighted by molar-refractivity contribution is 5.79. The smallest absolute Gasteiger partial charge is 0.325 e. The van der Waals surface area contributed by atoms with Gasteiger partial charge in [-0.3, -0.25) is 4.79 Å². The Hall–Kier alpha value is -1.62. The molecule has 0 aromatic heterocycles. The average molecular weight is 296 g/mol. The lowest BCUT2D eigenvalue weighted by atomic mass is 9.96. The lowest BCUT2D eigenvalue weighted by molar-refractivity contribution is -0.146.